The van der Waals surface area contributed by atoms with E-state index in [2.05, 4.69) is 191 Å². The van der Waals surface area contributed by atoms with Gasteiger partial charge in [0.25, 0.3) is 0 Å². The van der Waals surface area contributed by atoms with E-state index in [0.29, 0.717) is 51.5 Å². The summed E-state index contributed by atoms with van der Waals surface area (Å²) in [6.45, 7) is 34.6. The van der Waals surface area contributed by atoms with Crippen molar-refractivity contribution in [2.75, 3.05) is 0 Å². The minimum absolute atomic E-state index is 0.176. The number of aryl methyl sites for hydroxylation is 14. The first-order valence-corrected chi connectivity index (χ1v) is 40.2. The largest absolute Gasteiger partial charge is 0.437 e. The third-order valence-corrected chi connectivity index (χ3v) is 22.0. The van der Waals surface area contributed by atoms with E-state index in [0.717, 1.165) is 173 Å². The minimum Gasteiger partial charge on any atom is -0.437 e. The van der Waals surface area contributed by atoms with Gasteiger partial charge in [0.05, 0.1) is 22.3 Å². The highest BCUT2D eigenvalue weighted by atomic mass is 16.4. The molecule has 0 saturated heterocycles. The zero-order chi connectivity index (χ0) is 92.2. The smallest absolute Gasteiger partial charge is 0.227 e. The zero-order valence-electron chi connectivity index (χ0n) is 83.2. The number of fused-ring (bicyclic) bond motifs is 12. The predicted molar refractivity (Wildman–Crippen MR) is 472 cm³/mol. The highest BCUT2D eigenvalue weighted by Crippen LogP contribution is 2.43. The summed E-state index contributed by atoms with van der Waals surface area (Å²) in [4.78, 5) is 18.8. The molecule has 12 aromatic heterocycles. The molecular weight excluding hydrogens is 1400 g/mol. The first-order valence-electron chi connectivity index (χ1n) is 46.2. The van der Waals surface area contributed by atoms with Gasteiger partial charge in [-0.3, -0.25) is 0 Å². The standard InChI is InChI=1S/2C26H31N2O.2C25H29N2O/c2*1-15(2)12-19-14-28(7)23(13-18(19)6)24-17(5)8-9-20-21-10-11-22(16(3)4)27-26(21)29-25(20)24;2*1-7-19-9-11-21-20-10-8-16(4)23(24(20)28-25(21)26-19)22-13-17(5)18(12-15(2)3)14-27(22)6/h2*8-11,13-16H,12H2,1-7H3;2*8-11,13-15H,7,12H2,1-6H3/q4*+1/i1D3,12D2,15D;;2D3,12D2,15D;. The van der Waals surface area contributed by atoms with Gasteiger partial charge < -0.3 is 17.7 Å². The van der Waals surface area contributed by atoms with Crippen molar-refractivity contribution < 1.29 is 52.4 Å². The molecule has 0 aliphatic heterocycles. The number of hydrogen-bond acceptors (Lipinski definition) is 8. The van der Waals surface area contributed by atoms with Gasteiger partial charge in [0.15, 0.2) is 47.1 Å². The Morgan fingerprint density at radius 2 is 0.588 bits per heavy atom. The van der Waals surface area contributed by atoms with Crippen molar-refractivity contribution in [1.29, 1.82) is 0 Å². The Balaban J connectivity index is 0.000000145. The van der Waals surface area contributed by atoms with Crippen LogP contribution >= 0.6 is 0 Å². The topological polar surface area (TPSA) is 120 Å². The van der Waals surface area contributed by atoms with Crippen molar-refractivity contribution >= 4 is 88.3 Å². The van der Waals surface area contributed by atoms with Crippen molar-refractivity contribution in [3.63, 3.8) is 0 Å². The summed E-state index contributed by atoms with van der Waals surface area (Å²) in [7, 11) is 7.85. The highest BCUT2D eigenvalue weighted by molar-refractivity contribution is 6.12. The van der Waals surface area contributed by atoms with Crippen LogP contribution in [-0.4, -0.2) is 19.9 Å². The van der Waals surface area contributed by atoms with Crippen molar-refractivity contribution in [3.05, 3.63) is 236 Å². The molecule has 0 spiro atoms. The van der Waals surface area contributed by atoms with Crippen molar-refractivity contribution in [1.82, 2.24) is 19.9 Å². The number of hydrogen-bond donors (Lipinski definition) is 0. The molecule has 0 radical (unpaired) electrons. The van der Waals surface area contributed by atoms with Crippen LogP contribution in [0.4, 0.5) is 0 Å². The van der Waals surface area contributed by atoms with Gasteiger partial charge in [0, 0.05) is 129 Å². The molecule has 114 heavy (non-hydrogen) atoms. The summed E-state index contributed by atoms with van der Waals surface area (Å²) in [6, 6.07) is 41.7. The van der Waals surface area contributed by atoms with E-state index in [-0.39, 0.29) is 17.0 Å². The van der Waals surface area contributed by atoms with Crippen LogP contribution in [0.2, 0.25) is 0 Å². The number of aromatic nitrogens is 8. The van der Waals surface area contributed by atoms with Gasteiger partial charge in [-0.25, -0.2) is 38.2 Å². The SMILES string of the molecule is CCc1ccc2c(n1)oc1c(-c3cc(C)c(CC(C)C)c[n+]3C)c(C)ccc12.Cc1cc(-c2c(C)ccc3c2oc2nc(C(C)C)ccc23)[n+](C)cc1CC(C)C.[2H]C([2H])([2H])C([2H])(C)C([2H])([2H])c1c[n+](C)c(-c2c(C)ccc3c2oc2nc(C(C)C)ccc23)cc1C.[2H]C([2H])([2H])C([2H])(C)C([2H])([2H])c1c[n+](C)c(-c2c(C)ccc3c2oc2nc(CC)ccc23)cc1C. The van der Waals surface area contributed by atoms with Crippen LogP contribution < -0.4 is 18.3 Å². The Bertz CT molecular complexity index is 6920. The van der Waals surface area contributed by atoms with E-state index in [1.807, 2.05) is 81.4 Å². The molecular formula is C102H120N8O4+4. The van der Waals surface area contributed by atoms with Crippen LogP contribution in [0.5, 0.6) is 0 Å². The third kappa shape index (κ3) is 16.4. The first kappa shape index (κ1) is 66.7. The Labute approximate surface area is 692 Å². The van der Waals surface area contributed by atoms with E-state index in [1.165, 1.54) is 44.8 Å². The molecule has 0 amide bonds. The number of nitrogens with zero attached hydrogens (tertiary/aromatic N) is 8. The lowest BCUT2D eigenvalue weighted by atomic mass is 9.96. The summed E-state index contributed by atoms with van der Waals surface area (Å²) in [5.74, 6) is -2.72. The Kier molecular flexibility index (Phi) is 19.5. The molecule has 12 heterocycles. The monoisotopic (exact) mass is 1530 g/mol. The van der Waals surface area contributed by atoms with Crippen LogP contribution in [0.25, 0.3) is 133 Å². The lowest BCUT2D eigenvalue weighted by Gasteiger charge is -2.11. The Hall–Kier alpha value is -10.7. The van der Waals surface area contributed by atoms with Crippen molar-refractivity contribution in [3.8, 4) is 45.0 Å². The van der Waals surface area contributed by atoms with Crippen LogP contribution in [0.3, 0.4) is 0 Å². The molecule has 12 heteroatoms. The molecule has 0 saturated carbocycles. The third-order valence-electron chi connectivity index (χ3n) is 22.0. The van der Waals surface area contributed by atoms with Gasteiger partial charge in [-0.2, -0.15) is 0 Å². The predicted octanol–water partition coefficient (Wildman–Crippen LogP) is 24.5. The van der Waals surface area contributed by atoms with E-state index in [1.54, 1.807) is 49.5 Å². The fraction of sp³-hybridized carbons (Fsp3) is 0.373. The van der Waals surface area contributed by atoms with Gasteiger partial charge in [-0.15, -0.1) is 0 Å². The average molecular weight is 1530 g/mol. The highest BCUT2D eigenvalue weighted by Gasteiger charge is 2.29. The second-order valence-electron chi connectivity index (χ2n) is 32.8. The number of pyridine rings is 8. The maximum Gasteiger partial charge on any atom is 0.227 e. The lowest BCUT2D eigenvalue weighted by molar-refractivity contribution is -0.661. The summed E-state index contributed by atoms with van der Waals surface area (Å²) in [5, 5.41) is 8.20. The van der Waals surface area contributed by atoms with E-state index >= 15 is 0 Å². The molecule has 0 N–H and O–H groups in total. The van der Waals surface area contributed by atoms with Gasteiger partial charge in [0.2, 0.25) is 45.6 Å². The molecule has 2 unspecified atom stereocenters. The van der Waals surface area contributed by atoms with E-state index in [4.69, 9.17) is 49.1 Å². The van der Waals surface area contributed by atoms with Crippen molar-refractivity contribution in [2.24, 2.45) is 51.8 Å². The second-order valence-corrected chi connectivity index (χ2v) is 32.8. The zero-order valence-corrected chi connectivity index (χ0v) is 71.2. The van der Waals surface area contributed by atoms with Crippen LogP contribution in [0.1, 0.15) is 215 Å². The molecule has 0 aliphatic carbocycles. The number of rotatable bonds is 16. The molecule has 0 bridgehead atoms. The number of benzene rings is 4. The van der Waals surface area contributed by atoms with Gasteiger partial charge in [-0.1, -0.05) is 145 Å². The van der Waals surface area contributed by atoms with E-state index in [9.17, 15) is 0 Å². The van der Waals surface area contributed by atoms with Gasteiger partial charge in [0.1, 0.15) is 28.2 Å². The molecule has 4 aromatic carbocycles. The first-order chi connectivity index (χ1) is 58.9. The summed E-state index contributed by atoms with van der Waals surface area (Å²) < 4.78 is 131. The molecule has 2 atom stereocenters. The van der Waals surface area contributed by atoms with Gasteiger partial charge >= 0.3 is 0 Å². The maximum atomic E-state index is 8.62. The molecule has 588 valence electrons. The molecule has 16 aromatic rings. The molecule has 0 aliphatic rings. The normalized spacial score (nSPS) is 15.0. The quantitative estimate of drug-likeness (QED) is 0.0878. The fourth-order valence-corrected chi connectivity index (χ4v) is 15.8. The van der Waals surface area contributed by atoms with Crippen LogP contribution in [-0.2, 0) is 66.6 Å². The van der Waals surface area contributed by atoms with Crippen LogP contribution in [0, 0.1) is 79.0 Å². The van der Waals surface area contributed by atoms with Crippen molar-refractivity contribution in [2.45, 2.75) is 202 Å². The number of furan rings is 4. The minimum atomic E-state index is -2.79. The summed E-state index contributed by atoms with van der Waals surface area (Å²) in [6.07, 6.45) is 6.84. The van der Waals surface area contributed by atoms with Crippen LogP contribution in [0.15, 0.2) is 164 Å². The van der Waals surface area contributed by atoms with E-state index < -0.39 is 38.2 Å². The Morgan fingerprint density at radius 1 is 0.333 bits per heavy atom. The molecule has 12 nitrogen and oxygen atoms in total. The molecule has 0 fully saturated rings. The molecule has 16 rings (SSSR count). The average Bonchev–Trinajstić information content (AvgIpc) is 0.827. The van der Waals surface area contributed by atoms with Gasteiger partial charge in [-0.05, 0) is 222 Å². The summed E-state index contributed by atoms with van der Waals surface area (Å²) in [5.41, 5.74) is 29.3. The fourth-order valence-electron chi connectivity index (χ4n) is 15.8. The second kappa shape index (κ2) is 33.4. The Morgan fingerprint density at radius 3 is 0.851 bits per heavy atom. The maximum absolute atomic E-state index is 8.62. The summed E-state index contributed by atoms with van der Waals surface area (Å²) >= 11 is 0. The lowest BCUT2D eigenvalue weighted by Crippen LogP contribution is -2.32.